The molecule has 33 heavy (non-hydrogen) atoms. The highest BCUT2D eigenvalue weighted by atomic mass is 16.4. The zero-order valence-corrected chi connectivity index (χ0v) is 19.3. The summed E-state index contributed by atoms with van der Waals surface area (Å²) in [7, 11) is 4.03. The van der Waals surface area contributed by atoms with Gasteiger partial charge in [-0.2, -0.15) is 10.4 Å². The van der Waals surface area contributed by atoms with E-state index in [1.807, 2.05) is 38.4 Å². The van der Waals surface area contributed by atoms with Gasteiger partial charge in [0.05, 0.1) is 34.6 Å². The minimum absolute atomic E-state index is 0.315. The van der Waals surface area contributed by atoms with Crippen molar-refractivity contribution in [3.05, 3.63) is 64.2 Å². The van der Waals surface area contributed by atoms with E-state index < -0.39 is 5.97 Å². The Labute approximate surface area is 195 Å². The predicted octanol–water partition coefficient (Wildman–Crippen LogP) is 4.66. The molecule has 2 aromatic carbocycles. The summed E-state index contributed by atoms with van der Waals surface area (Å²) in [6.07, 6.45) is 6.88. The van der Waals surface area contributed by atoms with Gasteiger partial charge in [0.2, 0.25) is 0 Å². The van der Waals surface area contributed by atoms with Crippen molar-refractivity contribution in [2.75, 3.05) is 19.1 Å². The lowest BCUT2D eigenvalue weighted by Gasteiger charge is -2.34. The van der Waals surface area contributed by atoms with Gasteiger partial charge >= 0.3 is 5.97 Å². The molecule has 2 aromatic rings. The molecule has 0 aromatic heterocycles. The summed E-state index contributed by atoms with van der Waals surface area (Å²) >= 11 is 0. The minimum Gasteiger partial charge on any atom is -0.478 e. The standard InChI is InChI=1S/C27H30N4O2/c1-30(2)16-21-14-22(10-7-20(21)15-28)31-26(17-5-3-4-6-17)24-12-8-18-13-19(27(32)33)9-11-23(18)25(24)29-31/h7,9-11,13-14,17,24,26H,3-6,8,12,16H2,1-2H3,(H,32,33). The molecule has 6 nitrogen and oxygen atoms in total. The molecule has 1 aliphatic heterocycles. The number of hydrazone groups is 1. The zero-order chi connectivity index (χ0) is 23.1. The van der Waals surface area contributed by atoms with Crippen LogP contribution in [0.15, 0.2) is 41.5 Å². The Kier molecular flexibility index (Phi) is 5.67. The Morgan fingerprint density at radius 3 is 2.67 bits per heavy atom. The van der Waals surface area contributed by atoms with Gasteiger partial charge in [-0.25, -0.2) is 4.79 Å². The van der Waals surface area contributed by atoms with Crippen LogP contribution in [-0.4, -0.2) is 41.8 Å². The third-order valence-electron chi connectivity index (χ3n) is 7.46. The molecule has 0 spiro atoms. The number of aryl methyl sites for hydroxylation is 1. The summed E-state index contributed by atoms with van der Waals surface area (Å²) in [4.78, 5) is 13.6. The van der Waals surface area contributed by atoms with E-state index in [1.54, 1.807) is 6.07 Å². The SMILES string of the molecule is CN(C)Cc1cc(N2N=C3c4ccc(C(=O)O)cc4CCC3C2C2CCCC2)ccc1C#N. The van der Waals surface area contributed by atoms with Crippen molar-refractivity contribution in [1.82, 2.24) is 4.90 Å². The highest BCUT2D eigenvalue weighted by molar-refractivity contribution is 6.07. The first kappa shape index (κ1) is 21.7. The fourth-order valence-corrected chi connectivity index (χ4v) is 6.00. The number of aromatic carboxylic acids is 1. The van der Waals surface area contributed by atoms with E-state index in [2.05, 4.69) is 22.0 Å². The van der Waals surface area contributed by atoms with Gasteiger partial charge in [0.15, 0.2) is 0 Å². The van der Waals surface area contributed by atoms with Crippen LogP contribution in [0.25, 0.3) is 0 Å². The van der Waals surface area contributed by atoms with Crippen molar-refractivity contribution in [3.63, 3.8) is 0 Å². The van der Waals surface area contributed by atoms with Gasteiger partial charge in [0.1, 0.15) is 0 Å². The van der Waals surface area contributed by atoms with E-state index in [1.165, 1.54) is 25.7 Å². The van der Waals surface area contributed by atoms with Gasteiger partial charge < -0.3 is 10.0 Å². The van der Waals surface area contributed by atoms with Crippen LogP contribution in [0, 0.1) is 23.2 Å². The molecule has 2 unspecified atom stereocenters. The fraction of sp³-hybridized carbons (Fsp3) is 0.444. The number of rotatable bonds is 5. The Morgan fingerprint density at radius 1 is 1.18 bits per heavy atom. The lowest BCUT2D eigenvalue weighted by Crippen LogP contribution is -2.40. The molecule has 1 saturated carbocycles. The van der Waals surface area contributed by atoms with Crippen LogP contribution in [0.1, 0.15) is 64.7 Å². The molecule has 0 amide bonds. The number of carboxylic acids is 1. The van der Waals surface area contributed by atoms with Crippen LogP contribution in [0.5, 0.6) is 0 Å². The molecule has 1 N–H and O–H groups in total. The third-order valence-corrected chi connectivity index (χ3v) is 7.46. The van der Waals surface area contributed by atoms with Gasteiger partial charge in [-0.3, -0.25) is 5.01 Å². The molecular formula is C27H30N4O2. The van der Waals surface area contributed by atoms with E-state index in [9.17, 15) is 15.2 Å². The predicted molar refractivity (Wildman–Crippen MR) is 129 cm³/mol. The normalized spacial score (nSPS) is 22.1. The number of nitriles is 1. The van der Waals surface area contributed by atoms with E-state index in [0.29, 0.717) is 35.5 Å². The summed E-state index contributed by atoms with van der Waals surface area (Å²) in [5, 5.41) is 26.5. The molecule has 0 saturated heterocycles. The van der Waals surface area contributed by atoms with E-state index >= 15 is 0 Å². The molecule has 1 heterocycles. The lowest BCUT2D eigenvalue weighted by molar-refractivity contribution is 0.0696. The molecule has 0 bridgehead atoms. The highest BCUT2D eigenvalue weighted by Gasteiger charge is 2.45. The first-order valence-electron chi connectivity index (χ1n) is 11.9. The largest absolute Gasteiger partial charge is 0.478 e. The monoisotopic (exact) mass is 442 g/mol. The second-order valence-electron chi connectivity index (χ2n) is 9.88. The second-order valence-corrected chi connectivity index (χ2v) is 9.88. The molecule has 3 aliphatic rings. The summed E-state index contributed by atoms with van der Waals surface area (Å²) in [6.45, 7) is 0.708. The summed E-state index contributed by atoms with van der Waals surface area (Å²) in [6, 6.07) is 14.2. The quantitative estimate of drug-likeness (QED) is 0.728. The maximum atomic E-state index is 11.5. The van der Waals surface area contributed by atoms with Crippen LogP contribution < -0.4 is 5.01 Å². The molecule has 5 rings (SSSR count). The van der Waals surface area contributed by atoms with Crippen molar-refractivity contribution in [1.29, 1.82) is 5.26 Å². The Hall–Kier alpha value is -3.17. The smallest absolute Gasteiger partial charge is 0.335 e. The maximum absolute atomic E-state index is 11.5. The topological polar surface area (TPSA) is 79.9 Å². The van der Waals surface area contributed by atoms with Gasteiger partial charge in [-0.05, 0) is 87.2 Å². The number of anilines is 1. The Balaban J connectivity index is 1.58. The van der Waals surface area contributed by atoms with Crippen LogP contribution in [0.4, 0.5) is 5.69 Å². The average molecular weight is 443 g/mol. The summed E-state index contributed by atoms with van der Waals surface area (Å²) < 4.78 is 0. The number of nitrogens with zero attached hydrogens (tertiary/aromatic N) is 4. The van der Waals surface area contributed by atoms with Gasteiger partial charge in [0, 0.05) is 18.0 Å². The first-order chi connectivity index (χ1) is 16.0. The van der Waals surface area contributed by atoms with Crippen LogP contribution in [0.2, 0.25) is 0 Å². The van der Waals surface area contributed by atoms with Gasteiger partial charge in [-0.15, -0.1) is 0 Å². The van der Waals surface area contributed by atoms with Crippen molar-refractivity contribution in [2.24, 2.45) is 16.9 Å². The lowest BCUT2D eigenvalue weighted by atomic mass is 9.75. The first-order valence-corrected chi connectivity index (χ1v) is 11.9. The molecule has 6 heteroatoms. The number of fused-ring (bicyclic) bond motifs is 3. The van der Waals surface area contributed by atoms with Crippen LogP contribution in [-0.2, 0) is 13.0 Å². The van der Waals surface area contributed by atoms with E-state index in [4.69, 9.17) is 5.10 Å². The van der Waals surface area contributed by atoms with Crippen LogP contribution in [0.3, 0.4) is 0 Å². The molecule has 170 valence electrons. The summed E-state index contributed by atoms with van der Waals surface area (Å²) in [5.41, 5.74) is 6.41. The zero-order valence-electron chi connectivity index (χ0n) is 19.3. The van der Waals surface area contributed by atoms with Crippen molar-refractivity contribution in [2.45, 2.75) is 51.1 Å². The number of hydrogen-bond donors (Lipinski definition) is 1. The molecule has 1 fully saturated rings. The van der Waals surface area contributed by atoms with Crippen LogP contribution >= 0.6 is 0 Å². The number of benzene rings is 2. The highest BCUT2D eigenvalue weighted by Crippen LogP contribution is 2.45. The second kappa shape index (κ2) is 8.64. The Bertz CT molecular complexity index is 1160. The minimum atomic E-state index is -0.884. The summed E-state index contributed by atoms with van der Waals surface area (Å²) in [5.74, 6) is 0.0676. The van der Waals surface area contributed by atoms with Crippen molar-refractivity contribution < 1.29 is 9.90 Å². The van der Waals surface area contributed by atoms with Gasteiger partial charge in [0.25, 0.3) is 0 Å². The fourth-order valence-electron chi connectivity index (χ4n) is 6.00. The molecule has 0 radical (unpaired) electrons. The van der Waals surface area contributed by atoms with Crippen molar-refractivity contribution >= 4 is 17.4 Å². The van der Waals surface area contributed by atoms with Crippen molar-refractivity contribution in [3.8, 4) is 6.07 Å². The van der Waals surface area contributed by atoms with E-state index in [-0.39, 0.29) is 0 Å². The molecule has 2 aliphatic carbocycles. The maximum Gasteiger partial charge on any atom is 0.335 e. The molecule has 2 atom stereocenters. The number of carbonyl (C=O) groups is 1. The Morgan fingerprint density at radius 2 is 1.97 bits per heavy atom. The number of carboxylic acid groups (broad SMARTS) is 1. The van der Waals surface area contributed by atoms with Gasteiger partial charge in [-0.1, -0.05) is 18.9 Å². The molecular weight excluding hydrogens is 412 g/mol. The van der Waals surface area contributed by atoms with E-state index in [0.717, 1.165) is 40.9 Å². The number of hydrogen-bond acceptors (Lipinski definition) is 5. The third kappa shape index (κ3) is 3.91. The average Bonchev–Trinajstić information content (AvgIpc) is 3.45.